The van der Waals surface area contributed by atoms with Gasteiger partial charge in [0, 0.05) is 12.5 Å². The molecule has 0 saturated heterocycles. The van der Waals surface area contributed by atoms with Gasteiger partial charge in [-0.25, -0.2) is 14.4 Å². The van der Waals surface area contributed by atoms with Gasteiger partial charge in [0.2, 0.25) is 9.76 Å². The van der Waals surface area contributed by atoms with Gasteiger partial charge in [-0.3, -0.25) is 0 Å². The predicted molar refractivity (Wildman–Crippen MR) is 369 cm³/mol. The molecule has 1 aliphatic carbocycles. The monoisotopic (exact) mass is 1310 g/mol. The highest BCUT2D eigenvalue weighted by Crippen LogP contribution is 2.46. The fourth-order valence-electron chi connectivity index (χ4n) is 11.6. The summed E-state index contributed by atoms with van der Waals surface area (Å²) in [6, 6.07) is 50.5. The van der Waals surface area contributed by atoms with Crippen molar-refractivity contribution < 1.29 is 55.5 Å². The molecule has 0 aromatic heterocycles. The van der Waals surface area contributed by atoms with Crippen LogP contribution in [0.3, 0.4) is 0 Å². The van der Waals surface area contributed by atoms with E-state index in [2.05, 4.69) is 90.2 Å². The van der Waals surface area contributed by atoms with Crippen LogP contribution >= 0.6 is 0 Å². The predicted octanol–water partition coefficient (Wildman–Crippen LogP) is 18.7. The van der Waals surface area contributed by atoms with E-state index in [1.807, 2.05) is 128 Å². The number of benzene rings is 6. The minimum atomic E-state index is -1.86. The Morgan fingerprint density at radius 2 is 0.920 bits per heavy atom. The molecule has 19 heteroatoms. The SMILES string of the molecule is CO[Si](C)(C)[Si](C)(C)CCCc1ccccc1OC(=O)Oc1cccc(CCC[Si][Si](C)(C)O[Si]CCCc2ccccc2OC(=O)Oc2ccc(C3(c4ccc(OC(=O)Oc5ccccc5CCC[Si](C)(C)O[Si](C)(C)C)cc4)CCCCC3)cc2)c1. The largest absolute Gasteiger partial charge is 0.519 e. The van der Waals surface area contributed by atoms with Crippen LogP contribution in [-0.4, -0.2) is 84.3 Å². The molecule has 0 amide bonds. The Hall–Kier alpha value is -5.47. The van der Waals surface area contributed by atoms with Gasteiger partial charge in [-0.15, -0.1) is 0 Å². The van der Waals surface area contributed by atoms with Gasteiger partial charge in [-0.2, -0.15) is 0 Å². The highest BCUT2D eigenvalue weighted by atomic mass is 29.3. The lowest BCUT2D eigenvalue weighted by atomic mass is 9.65. The van der Waals surface area contributed by atoms with E-state index in [9.17, 15) is 14.4 Å². The topological polar surface area (TPSA) is 134 Å². The molecule has 0 heterocycles. The number of aryl methyl sites for hydroxylation is 4. The Balaban J connectivity index is 0.811. The van der Waals surface area contributed by atoms with Crippen LogP contribution < -0.4 is 28.4 Å². The van der Waals surface area contributed by atoms with Crippen molar-refractivity contribution in [1.82, 2.24) is 0 Å². The van der Waals surface area contributed by atoms with Crippen LogP contribution in [0.25, 0.3) is 0 Å². The quantitative estimate of drug-likeness (QED) is 0.0177. The van der Waals surface area contributed by atoms with Crippen LogP contribution in [0.4, 0.5) is 14.4 Å². The Morgan fingerprint density at radius 3 is 1.41 bits per heavy atom. The third-order valence-electron chi connectivity index (χ3n) is 17.0. The molecular formula is C69H94O12Si7. The van der Waals surface area contributed by atoms with Crippen LogP contribution in [0.5, 0.6) is 34.5 Å². The van der Waals surface area contributed by atoms with Crippen LogP contribution in [0, 0.1) is 0 Å². The zero-order valence-electron chi connectivity index (χ0n) is 54.3. The van der Waals surface area contributed by atoms with Gasteiger partial charge < -0.3 is 41.1 Å². The van der Waals surface area contributed by atoms with E-state index in [4.69, 9.17) is 41.1 Å². The maximum absolute atomic E-state index is 13.3. The first-order valence-electron chi connectivity index (χ1n) is 31.5. The maximum atomic E-state index is 13.3. The average Bonchev–Trinajstić information content (AvgIpc) is 1.72. The molecule has 6 aromatic carbocycles. The molecular weight excluding hydrogens is 1220 g/mol. The first-order chi connectivity index (χ1) is 41.8. The molecule has 0 atom stereocenters. The summed E-state index contributed by atoms with van der Waals surface area (Å²) in [6.45, 7) is 25.4. The Kier molecular flexibility index (Phi) is 25.9. The molecule has 12 nitrogen and oxygen atoms in total. The number of para-hydroxylation sites is 3. The minimum absolute atomic E-state index is 0.249. The second-order valence-corrected chi connectivity index (χ2v) is 61.0. The number of ether oxygens (including phenoxy) is 6. The fourth-order valence-corrected chi connectivity index (χ4v) is 32.9. The van der Waals surface area contributed by atoms with E-state index in [0.717, 1.165) is 144 Å². The standard InChI is InChI=1S/C69H94O12Si7/c1-73-88(11,12)86(7,8)52-26-34-57-31-16-19-38-65(57)79-68(72)76-62-35-22-27-54(53-62)28-23-50-83-87(9,10)80-82-49-24-32-55-29-14-17-36-63(55)77-66(70)74-60-43-39-58(40-44-60)69(47-20-13-21-48-69)59-41-45-61(46-42-59)75-67(71)78-64-37-18-15-30-56(64)33-25-51-85(5,6)81-84(2,3)4/h14-19,22,27,29-31,35-46,53H,13,20-21,23-26,28,32-34,47-52H2,1-12H3. The third-order valence-corrected chi connectivity index (χ3v) is 49.1. The molecule has 0 aliphatic heterocycles. The van der Waals surface area contributed by atoms with Crippen molar-refractivity contribution in [3.8, 4) is 34.5 Å². The molecule has 6 aromatic rings. The Labute approximate surface area is 535 Å². The van der Waals surface area contributed by atoms with Crippen molar-refractivity contribution in [3.63, 3.8) is 0 Å². The fraction of sp³-hybridized carbons (Fsp3) is 0.435. The Morgan fingerprint density at radius 1 is 0.466 bits per heavy atom. The van der Waals surface area contributed by atoms with Crippen LogP contribution in [-0.2, 0) is 43.8 Å². The molecule has 0 N–H and O–H groups in total. The molecule has 7 rings (SSSR count). The average molecular weight is 1310 g/mol. The Bertz CT molecular complexity index is 3190. The number of carbonyl (C=O) groups excluding carboxylic acids is 3. The van der Waals surface area contributed by atoms with Crippen LogP contribution in [0.1, 0.15) is 91.2 Å². The lowest BCUT2D eigenvalue weighted by Gasteiger charge is -2.38. The van der Waals surface area contributed by atoms with E-state index in [1.165, 1.54) is 6.42 Å². The molecule has 0 bridgehead atoms. The summed E-state index contributed by atoms with van der Waals surface area (Å²) in [7, 11) is -5.45. The molecule has 1 fully saturated rings. The van der Waals surface area contributed by atoms with Gasteiger partial charge in [0.1, 0.15) is 34.5 Å². The smallest absolute Gasteiger partial charge is 0.459 e. The number of hydrogen-bond donors (Lipinski definition) is 0. The molecule has 1 aliphatic rings. The van der Waals surface area contributed by atoms with Crippen molar-refractivity contribution in [2.24, 2.45) is 0 Å². The number of hydrogen-bond acceptors (Lipinski definition) is 12. The summed E-state index contributed by atoms with van der Waals surface area (Å²) in [6.07, 6.45) is 10.1. The molecule has 0 spiro atoms. The molecule has 4 radical (unpaired) electrons. The molecule has 1 saturated carbocycles. The van der Waals surface area contributed by atoms with Crippen LogP contribution in [0.2, 0.25) is 96.2 Å². The van der Waals surface area contributed by atoms with Gasteiger partial charge in [0.05, 0.1) is 16.6 Å². The van der Waals surface area contributed by atoms with Crippen LogP contribution in [0.15, 0.2) is 146 Å². The summed E-state index contributed by atoms with van der Waals surface area (Å²) in [5, 5.41) is 0. The highest BCUT2D eigenvalue weighted by Gasteiger charge is 2.41. The van der Waals surface area contributed by atoms with E-state index in [1.54, 1.807) is 6.07 Å². The zero-order valence-corrected chi connectivity index (χ0v) is 61.3. The van der Waals surface area contributed by atoms with Crippen molar-refractivity contribution >= 4 is 77.2 Å². The van der Waals surface area contributed by atoms with E-state index < -0.39 is 58.4 Å². The van der Waals surface area contributed by atoms with Crippen molar-refractivity contribution in [1.29, 1.82) is 0 Å². The molecule has 88 heavy (non-hydrogen) atoms. The first kappa shape index (κ1) is 70.0. The first-order valence-corrected chi connectivity index (χ1v) is 51.3. The summed E-state index contributed by atoms with van der Waals surface area (Å²) in [5.41, 5.74) is 6.07. The summed E-state index contributed by atoms with van der Waals surface area (Å²) < 4.78 is 53.6. The molecule has 470 valence electrons. The second kappa shape index (κ2) is 32.5. The molecule has 0 unspecified atom stereocenters. The zero-order chi connectivity index (χ0) is 63.4. The third kappa shape index (κ3) is 21.9. The second-order valence-electron chi connectivity index (χ2n) is 26.4. The van der Waals surface area contributed by atoms with E-state index in [-0.39, 0.29) is 5.41 Å². The summed E-state index contributed by atoms with van der Waals surface area (Å²) in [5.74, 6) is 2.85. The van der Waals surface area contributed by atoms with Crippen molar-refractivity contribution in [2.45, 2.75) is 185 Å². The van der Waals surface area contributed by atoms with Gasteiger partial charge in [0.15, 0.2) is 32.3 Å². The van der Waals surface area contributed by atoms with Crippen molar-refractivity contribution in [3.05, 3.63) is 179 Å². The lowest BCUT2D eigenvalue weighted by molar-refractivity contribution is 0.150. The maximum Gasteiger partial charge on any atom is 0.519 e. The van der Waals surface area contributed by atoms with Gasteiger partial charge in [-0.1, -0.05) is 148 Å². The highest BCUT2D eigenvalue weighted by molar-refractivity contribution is 7.38. The van der Waals surface area contributed by atoms with Crippen molar-refractivity contribution in [2.75, 3.05) is 7.11 Å². The van der Waals surface area contributed by atoms with Gasteiger partial charge in [-0.05, 0) is 210 Å². The van der Waals surface area contributed by atoms with Gasteiger partial charge >= 0.3 is 18.5 Å². The summed E-state index contributed by atoms with van der Waals surface area (Å²) >= 11 is 0. The number of rotatable bonds is 31. The van der Waals surface area contributed by atoms with E-state index in [0.29, 0.717) is 44.3 Å². The minimum Gasteiger partial charge on any atom is -0.459 e. The number of carbonyl (C=O) groups is 3. The summed E-state index contributed by atoms with van der Waals surface area (Å²) in [4.78, 5) is 39.4. The lowest BCUT2D eigenvalue weighted by Crippen LogP contribution is -2.56. The normalized spacial score (nSPS) is 13.8. The van der Waals surface area contributed by atoms with E-state index >= 15 is 0 Å². The van der Waals surface area contributed by atoms with Gasteiger partial charge in [0.25, 0.3) is 0 Å².